The quantitative estimate of drug-likeness (QED) is 0.408. The molecule has 4 heteroatoms. The van der Waals surface area contributed by atoms with Crippen LogP contribution in [-0.4, -0.2) is 26.2 Å². The summed E-state index contributed by atoms with van der Waals surface area (Å²) in [6, 6.07) is 0. The highest BCUT2D eigenvalue weighted by molar-refractivity contribution is 6.00. The number of hydrogen-bond acceptors (Lipinski definition) is 4. The average Bonchev–Trinajstić information content (AvgIpc) is 2.28. The molecule has 0 spiro atoms. The van der Waals surface area contributed by atoms with Gasteiger partial charge in [-0.05, 0) is 19.8 Å². The highest BCUT2D eigenvalue weighted by Crippen LogP contribution is 2.42. The summed E-state index contributed by atoms with van der Waals surface area (Å²) in [5, 5.41) is 0. The third-order valence-electron chi connectivity index (χ3n) is 3.32. The number of allylic oxidation sites excluding steroid dienone is 2. The zero-order valence-electron chi connectivity index (χ0n) is 10.2. The van der Waals surface area contributed by atoms with Crippen molar-refractivity contribution in [3.05, 3.63) is 11.6 Å². The third kappa shape index (κ3) is 1.84. The molecule has 16 heavy (non-hydrogen) atoms. The predicted octanol–water partition coefficient (Wildman–Crippen LogP) is 1.69. The van der Waals surface area contributed by atoms with Crippen molar-refractivity contribution in [2.45, 2.75) is 26.7 Å². The van der Waals surface area contributed by atoms with Gasteiger partial charge in [-0.15, -0.1) is 0 Å². The monoisotopic (exact) mass is 226 g/mol. The maximum atomic E-state index is 11.9. The molecule has 90 valence electrons. The van der Waals surface area contributed by atoms with Gasteiger partial charge < -0.3 is 9.47 Å². The molecule has 1 atom stereocenters. The molecule has 0 aromatic rings. The maximum absolute atomic E-state index is 11.9. The van der Waals surface area contributed by atoms with Crippen LogP contribution in [0, 0.1) is 11.3 Å². The van der Waals surface area contributed by atoms with Gasteiger partial charge in [0.1, 0.15) is 0 Å². The molecule has 1 rings (SSSR count). The van der Waals surface area contributed by atoms with E-state index in [1.807, 2.05) is 19.9 Å². The van der Waals surface area contributed by atoms with Crippen molar-refractivity contribution in [3.63, 3.8) is 0 Å². The molecular weight excluding hydrogens is 208 g/mol. The smallest absolute Gasteiger partial charge is 0.323 e. The number of ether oxygens (including phenoxy) is 2. The zero-order chi connectivity index (χ0) is 12.3. The molecule has 0 bridgehead atoms. The number of carbonyl (C=O) groups excluding carboxylic acids is 2. The summed E-state index contributed by atoms with van der Waals surface area (Å²) < 4.78 is 9.51. The van der Waals surface area contributed by atoms with Crippen LogP contribution in [0.15, 0.2) is 11.6 Å². The second kappa shape index (κ2) is 4.68. The minimum Gasteiger partial charge on any atom is -0.468 e. The van der Waals surface area contributed by atoms with Crippen LogP contribution in [-0.2, 0) is 19.1 Å². The van der Waals surface area contributed by atoms with Crippen LogP contribution < -0.4 is 0 Å². The number of rotatable bonds is 2. The van der Waals surface area contributed by atoms with E-state index in [2.05, 4.69) is 0 Å². The van der Waals surface area contributed by atoms with Gasteiger partial charge in [0, 0.05) is 5.92 Å². The van der Waals surface area contributed by atoms with Gasteiger partial charge in [0.05, 0.1) is 14.2 Å². The summed E-state index contributed by atoms with van der Waals surface area (Å²) >= 11 is 0. The van der Waals surface area contributed by atoms with Crippen molar-refractivity contribution in [2.75, 3.05) is 14.2 Å². The summed E-state index contributed by atoms with van der Waals surface area (Å²) in [7, 11) is 2.59. The van der Waals surface area contributed by atoms with Gasteiger partial charge in [-0.25, -0.2) is 0 Å². The van der Waals surface area contributed by atoms with Gasteiger partial charge in [-0.2, -0.15) is 0 Å². The van der Waals surface area contributed by atoms with E-state index in [1.54, 1.807) is 0 Å². The fourth-order valence-corrected chi connectivity index (χ4v) is 2.30. The van der Waals surface area contributed by atoms with Crippen molar-refractivity contribution in [1.82, 2.24) is 0 Å². The van der Waals surface area contributed by atoms with Gasteiger partial charge in [-0.3, -0.25) is 9.59 Å². The van der Waals surface area contributed by atoms with Gasteiger partial charge in [0.2, 0.25) is 0 Å². The first-order valence-electron chi connectivity index (χ1n) is 5.33. The minimum atomic E-state index is -1.16. The second-order valence-corrected chi connectivity index (χ2v) is 4.26. The van der Waals surface area contributed by atoms with E-state index in [9.17, 15) is 9.59 Å². The standard InChI is InChI=1S/C12H18O4/c1-8-5-6-12(9(2)7-8,10(13)15-3)11(14)16-4/h7,9H,5-6H2,1-4H3. The molecule has 0 radical (unpaired) electrons. The zero-order valence-corrected chi connectivity index (χ0v) is 10.2. The Balaban J connectivity index is 3.16. The molecule has 0 N–H and O–H groups in total. The van der Waals surface area contributed by atoms with Gasteiger partial charge >= 0.3 is 11.9 Å². The normalized spacial score (nSPS) is 23.2. The number of esters is 2. The third-order valence-corrected chi connectivity index (χ3v) is 3.32. The fraction of sp³-hybridized carbons (Fsp3) is 0.667. The van der Waals surface area contributed by atoms with Crippen LogP contribution in [0.5, 0.6) is 0 Å². The lowest BCUT2D eigenvalue weighted by molar-refractivity contribution is -0.173. The molecule has 0 aromatic carbocycles. The summed E-state index contributed by atoms with van der Waals surface area (Å²) in [6.45, 7) is 3.84. The Morgan fingerprint density at radius 3 is 2.19 bits per heavy atom. The van der Waals surface area contributed by atoms with E-state index < -0.39 is 17.4 Å². The molecule has 4 nitrogen and oxygen atoms in total. The van der Waals surface area contributed by atoms with Crippen LogP contribution in [0.1, 0.15) is 26.7 Å². The SMILES string of the molecule is COC(=O)C1(C(=O)OC)CCC(C)=CC1C. The highest BCUT2D eigenvalue weighted by atomic mass is 16.5. The van der Waals surface area contributed by atoms with Crippen molar-refractivity contribution in [1.29, 1.82) is 0 Å². The molecule has 0 aromatic heterocycles. The molecule has 0 fully saturated rings. The van der Waals surface area contributed by atoms with Crippen LogP contribution in [0.25, 0.3) is 0 Å². The van der Waals surface area contributed by atoms with Crippen LogP contribution in [0.2, 0.25) is 0 Å². The minimum absolute atomic E-state index is 0.193. The van der Waals surface area contributed by atoms with Gasteiger partial charge in [0.25, 0.3) is 0 Å². The molecule has 1 aliphatic carbocycles. The Hall–Kier alpha value is -1.32. The van der Waals surface area contributed by atoms with E-state index >= 15 is 0 Å². The molecule has 1 unspecified atom stereocenters. The highest BCUT2D eigenvalue weighted by Gasteiger charge is 2.52. The van der Waals surface area contributed by atoms with Crippen LogP contribution >= 0.6 is 0 Å². The molecular formula is C12H18O4. The van der Waals surface area contributed by atoms with Gasteiger partial charge in [-0.1, -0.05) is 18.6 Å². The van der Waals surface area contributed by atoms with E-state index in [1.165, 1.54) is 19.8 Å². The van der Waals surface area contributed by atoms with Crippen molar-refractivity contribution >= 4 is 11.9 Å². The Bertz CT molecular complexity index is 314. The number of hydrogen-bond donors (Lipinski definition) is 0. The maximum Gasteiger partial charge on any atom is 0.323 e. The second-order valence-electron chi connectivity index (χ2n) is 4.26. The van der Waals surface area contributed by atoms with Crippen molar-refractivity contribution in [2.24, 2.45) is 11.3 Å². The van der Waals surface area contributed by atoms with E-state index in [4.69, 9.17) is 9.47 Å². The Kier molecular flexibility index (Phi) is 3.73. The lowest BCUT2D eigenvalue weighted by Gasteiger charge is -2.35. The summed E-state index contributed by atoms with van der Waals surface area (Å²) in [4.78, 5) is 23.7. The van der Waals surface area contributed by atoms with E-state index in [-0.39, 0.29) is 5.92 Å². The summed E-state index contributed by atoms with van der Waals surface area (Å²) in [5.74, 6) is -1.20. The fourth-order valence-electron chi connectivity index (χ4n) is 2.30. The molecule has 0 saturated carbocycles. The number of carbonyl (C=O) groups is 2. The first-order chi connectivity index (χ1) is 7.48. The topological polar surface area (TPSA) is 52.6 Å². The Morgan fingerprint density at radius 1 is 1.31 bits per heavy atom. The van der Waals surface area contributed by atoms with Crippen molar-refractivity contribution < 1.29 is 19.1 Å². The van der Waals surface area contributed by atoms with E-state index in [0.29, 0.717) is 12.8 Å². The first-order valence-corrected chi connectivity index (χ1v) is 5.33. The summed E-state index contributed by atoms with van der Waals surface area (Å²) in [5.41, 5.74) is 0.0270. The molecule has 1 aliphatic rings. The molecule has 0 saturated heterocycles. The summed E-state index contributed by atoms with van der Waals surface area (Å²) in [6.07, 6.45) is 3.11. The van der Waals surface area contributed by atoms with Gasteiger partial charge in [0.15, 0.2) is 5.41 Å². The van der Waals surface area contributed by atoms with Crippen LogP contribution in [0.4, 0.5) is 0 Å². The molecule has 0 aliphatic heterocycles. The lowest BCUT2D eigenvalue weighted by atomic mass is 9.68. The molecule has 0 heterocycles. The van der Waals surface area contributed by atoms with Crippen LogP contribution in [0.3, 0.4) is 0 Å². The first kappa shape index (κ1) is 12.7. The largest absolute Gasteiger partial charge is 0.468 e. The average molecular weight is 226 g/mol. The van der Waals surface area contributed by atoms with E-state index in [0.717, 1.165) is 0 Å². The lowest BCUT2D eigenvalue weighted by Crippen LogP contribution is -2.47. The predicted molar refractivity (Wildman–Crippen MR) is 58.6 cm³/mol. The Morgan fingerprint density at radius 2 is 1.81 bits per heavy atom. The Labute approximate surface area is 95.6 Å². The molecule has 0 amide bonds. The van der Waals surface area contributed by atoms with Crippen molar-refractivity contribution in [3.8, 4) is 0 Å². The number of methoxy groups -OCH3 is 2.